The fraction of sp³-hybridized carbons (Fsp3) is 0.300. The molecule has 0 aliphatic carbocycles. The lowest BCUT2D eigenvalue weighted by Crippen LogP contribution is -2.34. The lowest BCUT2D eigenvalue weighted by molar-refractivity contribution is -0.385. The Kier molecular flexibility index (Phi) is 4.20. The van der Waals surface area contributed by atoms with Gasteiger partial charge in [0.1, 0.15) is 0 Å². The molecule has 1 aromatic carbocycles. The van der Waals surface area contributed by atoms with Gasteiger partial charge < -0.3 is 10.6 Å². The SMILES string of the molecule is Cl.N[C@H]1CCN(c2ccc([N+](=O)[O-])cc2F)C1=O. The summed E-state index contributed by atoms with van der Waals surface area (Å²) in [7, 11) is 0. The number of anilines is 1. The Hall–Kier alpha value is -1.73. The Morgan fingerprint density at radius 2 is 2.17 bits per heavy atom. The second kappa shape index (κ2) is 5.28. The maximum atomic E-state index is 13.6. The molecule has 6 nitrogen and oxygen atoms in total. The summed E-state index contributed by atoms with van der Waals surface area (Å²) in [6.45, 7) is 0.328. The highest BCUT2D eigenvalue weighted by Gasteiger charge is 2.31. The van der Waals surface area contributed by atoms with E-state index in [0.29, 0.717) is 13.0 Å². The lowest BCUT2D eigenvalue weighted by atomic mass is 10.2. The minimum Gasteiger partial charge on any atom is -0.320 e. The smallest absolute Gasteiger partial charge is 0.272 e. The second-order valence-electron chi connectivity index (χ2n) is 3.78. The average molecular weight is 276 g/mol. The van der Waals surface area contributed by atoms with Crippen molar-refractivity contribution in [2.24, 2.45) is 5.73 Å². The van der Waals surface area contributed by atoms with Crippen LogP contribution in [0.2, 0.25) is 0 Å². The number of benzene rings is 1. The third kappa shape index (κ3) is 2.41. The van der Waals surface area contributed by atoms with Gasteiger partial charge in [-0.15, -0.1) is 12.4 Å². The van der Waals surface area contributed by atoms with E-state index in [1.807, 2.05) is 0 Å². The first-order valence-electron chi connectivity index (χ1n) is 5.01. The van der Waals surface area contributed by atoms with Gasteiger partial charge >= 0.3 is 0 Å². The second-order valence-corrected chi connectivity index (χ2v) is 3.78. The first-order chi connectivity index (χ1) is 8.00. The van der Waals surface area contributed by atoms with Crippen molar-refractivity contribution >= 4 is 29.7 Å². The zero-order valence-electron chi connectivity index (χ0n) is 9.21. The molecule has 0 spiro atoms. The highest BCUT2D eigenvalue weighted by atomic mass is 35.5. The van der Waals surface area contributed by atoms with Gasteiger partial charge in [-0.05, 0) is 12.5 Å². The molecule has 1 amide bonds. The summed E-state index contributed by atoms with van der Waals surface area (Å²) in [5.41, 5.74) is 5.20. The number of hydrogen-bond donors (Lipinski definition) is 1. The molecule has 1 saturated heterocycles. The summed E-state index contributed by atoms with van der Waals surface area (Å²) in [4.78, 5) is 22.5. The zero-order chi connectivity index (χ0) is 12.6. The van der Waals surface area contributed by atoms with Crippen LogP contribution in [0, 0.1) is 15.9 Å². The molecule has 2 rings (SSSR count). The van der Waals surface area contributed by atoms with Crippen molar-refractivity contribution in [2.75, 3.05) is 11.4 Å². The summed E-state index contributed by atoms with van der Waals surface area (Å²) in [6.07, 6.45) is 0.454. The number of nitro benzene ring substituents is 1. The Balaban J connectivity index is 0.00000162. The predicted octanol–water partition coefficient (Wildman–Crippen LogP) is 1.22. The first kappa shape index (κ1) is 14.3. The third-order valence-corrected chi connectivity index (χ3v) is 2.68. The summed E-state index contributed by atoms with van der Waals surface area (Å²) in [5.74, 6) is -1.15. The average Bonchev–Trinajstić information content (AvgIpc) is 2.60. The number of nitrogens with zero attached hydrogens (tertiary/aromatic N) is 2. The van der Waals surface area contributed by atoms with Crippen LogP contribution < -0.4 is 10.6 Å². The maximum Gasteiger partial charge on any atom is 0.272 e. The highest BCUT2D eigenvalue weighted by molar-refractivity contribution is 5.99. The van der Waals surface area contributed by atoms with Crippen LogP contribution in [0.3, 0.4) is 0 Å². The molecule has 1 aliphatic heterocycles. The summed E-state index contributed by atoms with van der Waals surface area (Å²) in [6, 6.07) is 2.57. The number of rotatable bonds is 2. The van der Waals surface area contributed by atoms with Crippen molar-refractivity contribution in [3.63, 3.8) is 0 Å². The topological polar surface area (TPSA) is 89.5 Å². The van der Waals surface area contributed by atoms with E-state index < -0.39 is 16.8 Å². The largest absolute Gasteiger partial charge is 0.320 e. The number of nitro groups is 1. The molecule has 1 atom stereocenters. The van der Waals surface area contributed by atoms with E-state index in [0.717, 1.165) is 12.1 Å². The molecule has 18 heavy (non-hydrogen) atoms. The van der Waals surface area contributed by atoms with E-state index >= 15 is 0 Å². The molecule has 0 radical (unpaired) electrons. The first-order valence-corrected chi connectivity index (χ1v) is 5.01. The molecule has 0 saturated carbocycles. The highest BCUT2D eigenvalue weighted by Crippen LogP contribution is 2.27. The number of hydrogen-bond acceptors (Lipinski definition) is 4. The molecule has 1 fully saturated rings. The minimum absolute atomic E-state index is 0. The van der Waals surface area contributed by atoms with Gasteiger partial charge in [0, 0.05) is 12.6 Å². The van der Waals surface area contributed by atoms with Gasteiger partial charge in [-0.25, -0.2) is 4.39 Å². The molecule has 0 aromatic heterocycles. The van der Waals surface area contributed by atoms with E-state index in [1.54, 1.807) is 0 Å². The van der Waals surface area contributed by atoms with Crippen LogP contribution in [-0.4, -0.2) is 23.4 Å². The standard InChI is InChI=1S/C10H10FN3O3.ClH/c11-7-5-6(14(16)17)1-2-9(7)13-4-3-8(12)10(13)15;/h1-2,5,8H,3-4,12H2;1H/t8-;/m0./s1. The van der Waals surface area contributed by atoms with Gasteiger partial charge in [-0.3, -0.25) is 14.9 Å². The van der Waals surface area contributed by atoms with E-state index in [1.165, 1.54) is 11.0 Å². The van der Waals surface area contributed by atoms with Crippen LogP contribution in [-0.2, 0) is 4.79 Å². The van der Waals surface area contributed by atoms with Crippen LogP contribution in [0.1, 0.15) is 6.42 Å². The van der Waals surface area contributed by atoms with E-state index in [2.05, 4.69) is 0 Å². The van der Waals surface area contributed by atoms with Gasteiger partial charge in [-0.2, -0.15) is 0 Å². The van der Waals surface area contributed by atoms with Crippen LogP contribution in [0.25, 0.3) is 0 Å². The quantitative estimate of drug-likeness (QED) is 0.649. The van der Waals surface area contributed by atoms with Gasteiger partial charge in [-0.1, -0.05) is 0 Å². The van der Waals surface area contributed by atoms with E-state index in [9.17, 15) is 19.3 Å². The molecule has 1 aromatic rings. The maximum absolute atomic E-state index is 13.6. The molecule has 1 heterocycles. The van der Waals surface area contributed by atoms with Gasteiger partial charge in [0.15, 0.2) is 5.82 Å². The molecule has 1 aliphatic rings. The summed E-state index contributed by atoms with van der Waals surface area (Å²) in [5, 5.41) is 10.4. The van der Waals surface area contributed by atoms with Crippen molar-refractivity contribution in [1.82, 2.24) is 0 Å². The van der Waals surface area contributed by atoms with Crippen molar-refractivity contribution in [3.8, 4) is 0 Å². The molecular weight excluding hydrogens is 265 g/mol. The number of non-ortho nitro benzene ring substituents is 1. The fourth-order valence-corrected chi connectivity index (χ4v) is 1.77. The molecule has 0 bridgehead atoms. The zero-order valence-corrected chi connectivity index (χ0v) is 10.0. The lowest BCUT2D eigenvalue weighted by Gasteiger charge is -2.16. The molecule has 0 unspecified atom stereocenters. The molecule has 8 heteroatoms. The van der Waals surface area contributed by atoms with Gasteiger partial charge in [0.25, 0.3) is 5.69 Å². The minimum atomic E-state index is -0.790. The van der Waals surface area contributed by atoms with Crippen LogP contribution in [0.15, 0.2) is 18.2 Å². The van der Waals surface area contributed by atoms with Crippen LogP contribution >= 0.6 is 12.4 Å². The monoisotopic (exact) mass is 275 g/mol. The molecular formula is C10H11ClFN3O3. The van der Waals surface area contributed by atoms with Crippen LogP contribution in [0.4, 0.5) is 15.8 Å². The number of nitrogens with two attached hydrogens (primary N) is 1. The Morgan fingerprint density at radius 1 is 1.50 bits per heavy atom. The van der Waals surface area contributed by atoms with Crippen molar-refractivity contribution < 1.29 is 14.1 Å². The number of amides is 1. The van der Waals surface area contributed by atoms with Crippen molar-refractivity contribution in [1.29, 1.82) is 0 Å². The number of carbonyl (C=O) groups is 1. The van der Waals surface area contributed by atoms with Crippen molar-refractivity contribution in [2.45, 2.75) is 12.5 Å². The normalized spacial score (nSPS) is 18.7. The predicted molar refractivity (Wildman–Crippen MR) is 65.2 cm³/mol. The van der Waals surface area contributed by atoms with Crippen LogP contribution in [0.5, 0.6) is 0 Å². The van der Waals surface area contributed by atoms with Gasteiger partial charge in [0.05, 0.1) is 22.7 Å². The van der Waals surface area contributed by atoms with E-state index in [4.69, 9.17) is 5.73 Å². The van der Waals surface area contributed by atoms with Gasteiger partial charge in [0.2, 0.25) is 5.91 Å². The number of carbonyl (C=O) groups excluding carboxylic acids is 1. The molecule has 2 N–H and O–H groups in total. The van der Waals surface area contributed by atoms with E-state index in [-0.39, 0.29) is 29.7 Å². The molecule has 98 valence electrons. The fourth-order valence-electron chi connectivity index (χ4n) is 1.77. The van der Waals surface area contributed by atoms with Crippen molar-refractivity contribution in [3.05, 3.63) is 34.1 Å². The summed E-state index contributed by atoms with van der Waals surface area (Å²) < 4.78 is 13.6. The Labute approximate surface area is 108 Å². The Bertz CT molecular complexity index is 497. The Morgan fingerprint density at radius 3 is 2.61 bits per heavy atom. The number of halogens is 2. The summed E-state index contributed by atoms with van der Waals surface area (Å²) >= 11 is 0. The third-order valence-electron chi connectivity index (χ3n) is 2.68.